The van der Waals surface area contributed by atoms with Gasteiger partial charge in [0, 0.05) is 12.7 Å². The molecule has 0 radical (unpaired) electrons. The topological polar surface area (TPSA) is 55.4 Å². The van der Waals surface area contributed by atoms with Crippen molar-refractivity contribution in [1.82, 2.24) is 0 Å². The van der Waals surface area contributed by atoms with Crippen LogP contribution < -0.4 is 0 Å². The van der Waals surface area contributed by atoms with Crippen LogP contribution in [0.4, 0.5) is 0 Å². The first kappa shape index (κ1) is 23.2. The Morgan fingerprint density at radius 3 is 1.85 bits per heavy atom. The van der Waals surface area contributed by atoms with Crippen LogP contribution in [-0.4, -0.2) is 44.4 Å². The van der Waals surface area contributed by atoms with Crippen molar-refractivity contribution in [1.29, 1.82) is 0 Å². The predicted molar refractivity (Wildman–Crippen MR) is 126 cm³/mol. The Kier molecular flexibility index (Phi) is 7.65. The van der Waals surface area contributed by atoms with E-state index < -0.39 is 24.8 Å². The van der Waals surface area contributed by atoms with Crippen LogP contribution >= 0.6 is 0 Å². The Morgan fingerprint density at radius 1 is 0.706 bits per heavy atom. The molecule has 0 N–H and O–H groups in total. The van der Waals surface area contributed by atoms with Gasteiger partial charge in [-0.05, 0) is 11.1 Å². The van der Waals surface area contributed by atoms with Crippen LogP contribution in [0.2, 0.25) is 0 Å². The third-order valence-electron chi connectivity index (χ3n) is 6.16. The van der Waals surface area contributed by atoms with Crippen molar-refractivity contribution in [2.75, 3.05) is 13.7 Å². The van der Waals surface area contributed by atoms with Crippen molar-refractivity contribution in [3.05, 3.63) is 108 Å². The lowest BCUT2D eigenvalue weighted by molar-refractivity contribution is -0.369. The van der Waals surface area contributed by atoms with Gasteiger partial charge in [0.15, 0.2) is 12.6 Å². The molecule has 34 heavy (non-hydrogen) atoms. The van der Waals surface area contributed by atoms with Gasteiger partial charge >= 0.3 is 0 Å². The van der Waals surface area contributed by atoms with Crippen LogP contribution in [-0.2, 0) is 41.6 Å². The molecule has 0 aliphatic carbocycles. The Balaban J connectivity index is 1.39. The quantitative estimate of drug-likeness (QED) is 0.486. The average molecular weight is 463 g/mol. The fourth-order valence-electron chi connectivity index (χ4n) is 4.42. The molecule has 3 aromatic carbocycles. The van der Waals surface area contributed by atoms with E-state index in [0.717, 1.165) is 16.7 Å². The SMILES string of the molecule is CO[C@H]1OC2COC(c3ccccc3)OC2[C@H](OCc2ccccc2)[C@@H]1OCc1ccccc1. The smallest absolute Gasteiger partial charge is 0.186 e. The van der Waals surface area contributed by atoms with Gasteiger partial charge in [0.2, 0.25) is 0 Å². The molecule has 6 heteroatoms. The minimum absolute atomic E-state index is 0.331. The standard InChI is InChI=1S/C28H30O6/c1-29-28-26(31-18-21-13-7-3-8-14-21)25(30-17-20-11-5-2-6-12-20)24-23(33-28)19-32-27(34-24)22-15-9-4-10-16-22/h2-16,23-28H,17-19H2,1H3/t23?,24?,25-,26-,27?,28-/m0/s1. The van der Waals surface area contributed by atoms with Crippen molar-refractivity contribution >= 4 is 0 Å². The van der Waals surface area contributed by atoms with E-state index in [1.165, 1.54) is 0 Å². The first-order chi connectivity index (χ1) is 16.8. The number of hydrogen-bond acceptors (Lipinski definition) is 6. The maximum absolute atomic E-state index is 6.49. The first-order valence-corrected chi connectivity index (χ1v) is 11.6. The van der Waals surface area contributed by atoms with Gasteiger partial charge in [-0.25, -0.2) is 0 Å². The Morgan fingerprint density at radius 2 is 1.26 bits per heavy atom. The monoisotopic (exact) mass is 462 g/mol. The highest BCUT2D eigenvalue weighted by atomic mass is 16.8. The van der Waals surface area contributed by atoms with Crippen LogP contribution in [0.25, 0.3) is 0 Å². The van der Waals surface area contributed by atoms with Crippen molar-refractivity contribution in [2.24, 2.45) is 0 Å². The fourth-order valence-corrected chi connectivity index (χ4v) is 4.42. The molecule has 0 amide bonds. The zero-order chi connectivity index (χ0) is 23.2. The number of fused-ring (bicyclic) bond motifs is 1. The molecule has 6 nitrogen and oxygen atoms in total. The molecule has 2 aliphatic heterocycles. The van der Waals surface area contributed by atoms with E-state index in [9.17, 15) is 0 Å². The van der Waals surface area contributed by atoms with Crippen molar-refractivity contribution in [2.45, 2.75) is 50.2 Å². The summed E-state index contributed by atoms with van der Waals surface area (Å²) < 4.78 is 37.2. The van der Waals surface area contributed by atoms with Crippen LogP contribution in [0.5, 0.6) is 0 Å². The zero-order valence-corrected chi connectivity index (χ0v) is 19.2. The summed E-state index contributed by atoms with van der Waals surface area (Å²) in [6.45, 7) is 1.22. The Bertz CT molecular complexity index is 993. The number of benzene rings is 3. The normalized spacial score (nSPS) is 28.9. The molecule has 0 aromatic heterocycles. The zero-order valence-electron chi connectivity index (χ0n) is 19.2. The molecule has 0 saturated carbocycles. The number of methoxy groups -OCH3 is 1. The Hall–Kier alpha value is -2.58. The summed E-state index contributed by atoms with van der Waals surface area (Å²) >= 11 is 0. The molecule has 2 aliphatic rings. The minimum Gasteiger partial charge on any atom is -0.368 e. The molecule has 2 heterocycles. The lowest BCUT2D eigenvalue weighted by atomic mass is 9.97. The summed E-state index contributed by atoms with van der Waals surface area (Å²) in [6.07, 6.45) is -2.71. The molecule has 3 aromatic rings. The predicted octanol–water partition coefficient (Wildman–Crippen LogP) is 4.64. The molecule has 6 atom stereocenters. The van der Waals surface area contributed by atoms with E-state index in [1.54, 1.807) is 7.11 Å². The maximum Gasteiger partial charge on any atom is 0.186 e. The summed E-state index contributed by atoms with van der Waals surface area (Å²) in [7, 11) is 1.62. The summed E-state index contributed by atoms with van der Waals surface area (Å²) in [5, 5.41) is 0. The number of ether oxygens (including phenoxy) is 6. The van der Waals surface area contributed by atoms with E-state index in [1.807, 2.05) is 91.0 Å². The Labute approximate surface area is 200 Å². The highest BCUT2D eigenvalue weighted by Crippen LogP contribution is 2.37. The highest BCUT2D eigenvalue weighted by molar-refractivity contribution is 5.17. The molecular formula is C28H30O6. The van der Waals surface area contributed by atoms with Crippen LogP contribution in [0.1, 0.15) is 23.0 Å². The van der Waals surface area contributed by atoms with Gasteiger partial charge in [0.05, 0.1) is 19.8 Å². The van der Waals surface area contributed by atoms with E-state index in [2.05, 4.69) is 0 Å². The third-order valence-corrected chi connectivity index (χ3v) is 6.16. The van der Waals surface area contributed by atoms with Crippen molar-refractivity contribution < 1.29 is 28.4 Å². The second kappa shape index (κ2) is 11.2. The third kappa shape index (κ3) is 5.39. The van der Waals surface area contributed by atoms with E-state index in [4.69, 9.17) is 28.4 Å². The molecule has 3 unspecified atom stereocenters. The molecule has 5 rings (SSSR count). The second-order valence-corrected chi connectivity index (χ2v) is 8.48. The second-order valence-electron chi connectivity index (χ2n) is 8.48. The van der Waals surface area contributed by atoms with Crippen LogP contribution in [0.15, 0.2) is 91.0 Å². The molecule has 0 bridgehead atoms. The highest BCUT2D eigenvalue weighted by Gasteiger charge is 2.51. The maximum atomic E-state index is 6.49. The summed E-state index contributed by atoms with van der Waals surface area (Å²) in [5.41, 5.74) is 3.10. The summed E-state index contributed by atoms with van der Waals surface area (Å²) in [4.78, 5) is 0. The van der Waals surface area contributed by atoms with Crippen molar-refractivity contribution in [3.8, 4) is 0 Å². The fraction of sp³-hybridized carbons (Fsp3) is 0.357. The largest absolute Gasteiger partial charge is 0.368 e. The lowest BCUT2D eigenvalue weighted by Gasteiger charge is -2.48. The molecule has 178 valence electrons. The summed E-state index contributed by atoms with van der Waals surface area (Å²) in [6, 6.07) is 30.0. The van der Waals surface area contributed by atoms with Crippen LogP contribution in [0.3, 0.4) is 0 Å². The van der Waals surface area contributed by atoms with Crippen LogP contribution in [0, 0.1) is 0 Å². The van der Waals surface area contributed by atoms with Gasteiger partial charge in [-0.15, -0.1) is 0 Å². The molecule has 2 fully saturated rings. The van der Waals surface area contributed by atoms with Gasteiger partial charge in [-0.3, -0.25) is 0 Å². The molecular weight excluding hydrogens is 432 g/mol. The van der Waals surface area contributed by atoms with Gasteiger partial charge in [-0.2, -0.15) is 0 Å². The van der Waals surface area contributed by atoms with Gasteiger partial charge in [0.1, 0.15) is 24.4 Å². The van der Waals surface area contributed by atoms with Gasteiger partial charge in [0.25, 0.3) is 0 Å². The van der Waals surface area contributed by atoms with Crippen molar-refractivity contribution in [3.63, 3.8) is 0 Å². The van der Waals surface area contributed by atoms with E-state index in [0.29, 0.717) is 19.8 Å². The lowest BCUT2D eigenvalue weighted by Crippen LogP contribution is -2.63. The molecule has 2 saturated heterocycles. The van der Waals surface area contributed by atoms with Gasteiger partial charge in [-0.1, -0.05) is 91.0 Å². The van der Waals surface area contributed by atoms with Gasteiger partial charge < -0.3 is 28.4 Å². The molecule has 0 spiro atoms. The number of rotatable bonds is 8. The van der Waals surface area contributed by atoms with E-state index >= 15 is 0 Å². The average Bonchev–Trinajstić information content (AvgIpc) is 2.91. The number of hydrogen-bond donors (Lipinski definition) is 0. The first-order valence-electron chi connectivity index (χ1n) is 11.6. The minimum atomic E-state index is -0.605. The van der Waals surface area contributed by atoms with E-state index in [-0.39, 0.29) is 12.2 Å². The summed E-state index contributed by atoms with van der Waals surface area (Å²) in [5.74, 6) is 0.